The maximum absolute atomic E-state index is 12.4. The predicted octanol–water partition coefficient (Wildman–Crippen LogP) is 4.62. The maximum Gasteiger partial charge on any atom is 0.262 e. The molecule has 0 unspecified atom stereocenters. The van der Waals surface area contributed by atoms with E-state index in [-0.39, 0.29) is 23.5 Å². The number of carbonyl (C=O) groups is 2. The largest absolute Gasteiger partial charge is 0.494 e. The minimum Gasteiger partial charge on any atom is -0.494 e. The first-order valence-corrected chi connectivity index (χ1v) is 10.9. The van der Waals surface area contributed by atoms with Gasteiger partial charge in [0.05, 0.1) is 6.61 Å². The van der Waals surface area contributed by atoms with Crippen molar-refractivity contribution in [2.45, 2.75) is 13.3 Å². The summed E-state index contributed by atoms with van der Waals surface area (Å²) in [5.41, 5.74) is 1.64. The lowest BCUT2D eigenvalue weighted by Crippen LogP contribution is -2.34. The molecule has 3 aromatic carbocycles. The summed E-state index contributed by atoms with van der Waals surface area (Å²) >= 11 is 5.25. The van der Waals surface area contributed by atoms with Crippen LogP contribution in [0.15, 0.2) is 78.9 Å². The van der Waals surface area contributed by atoms with Gasteiger partial charge in [-0.3, -0.25) is 14.9 Å². The van der Waals surface area contributed by atoms with E-state index in [1.807, 2.05) is 25.1 Å². The molecule has 0 fully saturated rings. The minimum absolute atomic E-state index is 0.113. The first-order chi connectivity index (χ1) is 16.0. The Morgan fingerprint density at radius 1 is 0.818 bits per heavy atom. The number of hydrogen-bond donors (Lipinski definition) is 3. The van der Waals surface area contributed by atoms with E-state index in [9.17, 15) is 9.59 Å². The molecule has 2 amide bonds. The summed E-state index contributed by atoms with van der Waals surface area (Å²) in [4.78, 5) is 24.6. The van der Waals surface area contributed by atoms with Gasteiger partial charge in [-0.15, -0.1) is 0 Å². The van der Waals surface area contributed by atoms with Crippen LogP contribution in [-0.4, -0.2) is 30.1 Å². The second-order valence-electron chi connectivity index (χ2n) is 7.01. The van der Waals surface area contributed by atoms with E-state index in [1.54, 1.807) is 60.7 Å². The summed E-state index contributed by atoms with van der Waals surface area (Å²) in [5, 5.41) is 8.49. The number of thiocarbonyl (C=S) groups is 1. The van der Waals surface area contributed by atoms with Crippen LogP contribution in [0.5, 0.6) is 11.5 Å². The van der Waals surface area contributed by atoms with Crippen LogP contribution < -0.4 is 25.4 Å². The van der Waals surface area contributed by atoms with Crippen molar-refractivity contribution < 1.29 is 19.1 Å². The molecule has 0 radical (unpaired) electrons. The molecule has 0 bridgehead atoms. The molecule has 0 aliphatic carbocycles. The number of amides is 2. The van der Waals surface area contributed by atoms with Gasteiger partial charge in [-0.1, -0.05) is 31.2 Å². The highest BCUT2D eigenvalue weighted by atomic mass is 32.1. The second kappa shape index (κ2) is 12.2. The van der Waals surface area contributed by atoms with Crippen LogP contribution in [0, 0.1) is 0 Å². The lowest BCUT2D eigenvalue weighted by molar-refractivity contribution is -0.118. The SMILES string of the molecule is CCCOc1ccc(C(=O)NC(=S)Nc2cccc(NC(=O)COc3ccccc3)c2)cc1. The normalized spacial score (nSPS) is 10.1. The number of nitrogens with one attached hydrogen (secondary N) is 3. The van der Waals surface area contributed by atoms with Gasteiger partial charge >= 0.3 is 0 Å². The van der Waals surface area contributed by atoms with Crippen LogP contribution >= 0.6 is 12.2 Å². The van der Waals surface area contributed by atoms with Crippen molar-refractivity contribution in [3.63, 3.8) is 0 Å². The van der Waals surface area contributed by atoms with Gasteiger partial charge < -0.3 is 20.1 Å². The molecule has 8 heteroatoms. The fraction of sp³-hybridized carbons (Fsp3) is 0.160. The summed E-state index contributed by atoms with van der Waals surface area (Å²) in [6.45, 7) is 2.54. The zero-order valence-electron chi connectivity index (χ0n) is 18.2. The third-order valence-corrected chi connectivity index (χ3v) is 4.54. The van der Waals surface area contributed by atoms with Gasteiger partial charge in [0.2, 0.25) is 0 Å². The molecule has 170 valence electrons. The summed E-state index contributed by atoms with van der Waals surface area (Å²) in [5.74, 6) is 0.699. The van der Waals surface area contributed by atoms with Crippen molar-refractivity contribution >= 4 is 40.5 Å². The Bertz CT molecular complexity index is 1090. The molecule has 0 spiro atoms. The Morgan fingerprint density at radius 2 is 1.48 bits per heavy atom. The Hall–Kier alpha value is -3.91. The highest BCUT2D eigenvalue weighted by Crippen LogP contribution is 2.16. The van der Waals surface area contributed by atoms with E-state index >= 15 is 0 Å². The number of ether oxygens (including phenoxy) is 2. The van der Waals surface area contributed by atoms with Gasteiger partial charge in [-0.25, -0.2) is 0 Å². The molecule has 33 heavy (non-hydrogen) atoms. The number of para-hydroxylation sites is 1. The fourth-order valence-electron chi connectivity index (χ4n) is 2.80. The van der Waals surface area contributed by atoms with Gasteiger partial charge in [0.25, 0.3) is 11.8 Å². The molecule has 3 aromatic rings. The molecule has 0 atom stereocenters. The van der Waals surface area contributed by atoms with Crippen LogP contribution in [0.2, 0.25) is 0 Å². The van der Waals surface area contributed by atoms with Gasteiger partial charge in [0.1, 0.15) is 11.5 Å². The minimum atomic E-state index is -0.336. The number of carbonyl (C=O) groups excluding carboxylic acids is 2. The van der Waals surface area contributed by atoms with Gasteiger partial charge in [0, 0.05) is 16.9 Å². The molecule has 0 aliphatic rings. The molecule has 0 saturated carbocycles. The third-order valence-electron chi connectivity index (χ3n) is 4.33. The summed E-state index contributed by atoms with van der Waals surface area (Å²) in [6, 6.07) is 22.9. The molecule has 3 N–H and O–H groups in total. The monoisotopic (exact) mass is 463 g/mol. The van der Waals surface area contributed by atoms with Gasteiger partial charge in [-0.05, 0) is 73.2 Å². The second-order valence-corrected chi connectivity index (χ2v) is 7.42. The predicted molar refractivity (Wildman–Crippen MR) is 133 cm³/mol. The third kappa shape index (κ3) is 7.93. The molecule has 0 heterocycles. The topological polar surface area (TPSA) is 88.7 Å². The number of hydrogen-bond acceptors (Lipinski definition) is 5. The lowest BCUT2D eigenvalue weighted by atomic mass is 10.2. The lowest BCUT2D eigenvalue weighted by Gasteiger charge is -2.12. The summed E-state index contributed by atoms with van der Waals surface area (Å²) < 4.78 is 11.0. The summed E-state index contributed by atoms with van der Waals surface area (Å²) in [6.07, 6.45) is 0.911. The molecular formula is C25H25N3O4S. The van der Waals surface area contributed by atoms with Crippen molar-refractivity contribution in [1.29, 1.82) is 0 Å². The van der Waals surface area contributed by atoms with Crippen molar-refractivity contribution in [2.24, 2.45) is 0 Å². The first-order valence-electron chi connectivity index (χ1n) is 10.5. The van der Waals surface area contributed by atoms with E-state index in [2.05, 4.69) is 16.0 Å². The molecule has 3 rings (SSSR count). The maximum atomic E-state index is 12.4. The fourth-order valence-corrected chi connectivity index (χ4v) is 3.01. The van der Waals surface area contributed by atoms with Crippen LogP contribution in [0.3, 0.4) is 0 Å². The van der Waals surface area contributed by atoms with Crippen molar-refractivity contribution in [1.82, 2.24) is 5.32 Å². The molecule has 7 nitrogen and oxygen atoms in total. The van der Waals surface area contributed by atoms with Crippen molar-refractivity contribution in [3.8, 4) is 11.5 Å². The van der Waals surface area contributed by atoms with Crippen LogP contribution in [0.1, 0.15) is 23.7 Å². The zero-order chi connectivity index (χ0) is 23.5. The van der Waals surface area contributed by atoms with Crippen molar-refractivity contribution in [3.05, 3.63) is 84.4 Å². The molecule has 0 saturated heterocycles. The smallest absolute Gasteiger partial charge is 0.262 e. The van der Waals surface area contributed by atoms with Crippen molar-refractivity contribution in [2.75, 3.05) is 23.8 Å². The Kier molecular flexibility index (Phi) is 8.79. The highest BCUT2D eigenvalue weighted by Gasteiger charge is 2.09. The zero-order valence-corrected chi connectivity index (χ0v) is 19.0. The van der Waals surface area contributed by atoms with E-state index in [0.717, 1.165) is 6.42 Å². The van der Waals surface area contributed by atoms with Crippen LogP contribution in [-0.2, 0) is 4.79 Å². The van der Waals surface area contributed by atoms with Gasteiger partial charge in [-0.2, -0.15) is 0 Å². The number of benzene rings is 3. The molecule has 0 aliphatic heterocycles. The molecular weight excluding hydrogens is 438 g/mol. The van der Waals surface area contributed by atoms with E-state index in [0.29, 0.717) is 35.0 Å². The average Bonchev–Trinajstić information content (AvgIpc) is 2.82. The quantitative estimate of drug-likeness (QED) is 0.401. The number of anilines is 2. The molecule has 0 aromatic heterocycles. The van der Waals surface area contributed by atoms with E-state index in [4.69, 9.17) is 21.7 Å². The highest BCUT2D eigenvalue weighted by molar-refractivity contribution is 7.80. The van der Waals surface area contributed by atoms with E-state index in [1.165, 1.54) is 0 Å². The average molecular weight is 464 g/mol. The first kappa shape index (κ1) is 23.7. The van der Waals surface area contributed by atoms with Crippen LogP contribution in [0.4, 0.5) is 11.4 Å². The summed E-state index contributed by atoms with van der Waals surface area (Å²) in [7, 11) is 0. The van der Waals surface area contributed by atoms with E-state index < -0.39 is 0 Å². The van der Waals surface area contributed by atoms with Crippen LogP contribution in [0.25, 0.3) is 0 Å². The van der Waals surface area contributed by atoms with Gasteiger partial charge in [0.15, 0.2) is 11.7 Å². The number of rotatable bonds is 9. The Balaban J connectivity index is 1.49. The Morgan fingerprint density at radius 3 is 2.18 bits per heavy atom. The standard InChI is InChI=1S/C25H25N3O4S/c1-2-15-31-22-13-11-18(12-14-22)24(30)28-25(33)27-20-8-6-7-19(16-20)26-23(29)17-32-21-9-4-3-5-10-21/h3-14,16H,2,15,17H2,1H3,(H,26,29)(H2,27,28,30,33). The Labute approximate surface area is 198 Å².